The van der Waals surface area contributed by atoms with E-state index in [0.29, 0.717) is 30.0 Å². The van der Waals surface area contributed by atoms with Gasteiger partial charge in [-0.3, -0.25) is 5.43 Å². The maximum Gasteiger partial charge on any atom is 0.323 e. The summed E-state index contributed by atoms with van der Waals surface area (Å²) in [5.74, 6) is 6.41. The Bertz CT molecular complexity index is 452. The number of nitrogens with one attached hydrogen (secondary N) is 1. The number of rotatable bonds is 5. The number of nitrogens with zero attached hydrogens (tertiary/aromatic N) is 4. The molecule has 7 heteroatoms. The molecule has 1 aliphatic rings. The van der Waals surface area contributed by atoms with Crippen molar-refractivity contribution in [2.75, 3.05) is 10.3 Å². The Labute approximate surface area is 119 Å². The highest BCUT2D eigenvalue weighted by atomic mass is 16.5. The van der Waals surface area contributed by atoms with Crippen LogP contribution in [0.1, 0.15) is 47.0 Å². The molecule has 1 aromatic heterocycles. The van der Waals surface area contributed by atoms with E-state index in [1.54, 1.807) is 0 Å². The van der Waals surface area contributed by atoms with Crippen LogP contribution in [0.15, 0.2) is 0 Å². The molecule has 2 rings (SSSR count). The minimum absolute atomic E-state index is 0.00819. The van der Waals surface area contributed by atoms with Gasteiger partial charge in [-0.1, -0.05) is 6.92 Å². The van der Waals surface area contributed by atoms with E-state index in [2.05, 4.69) is 39.1 Å². The summed E-state index contributed by atoms with van der Waals surface area (Å²) < 4.78 is 5.58. The lowest BCUT2D eigenvalue weighted by atomic mass is 10.2. The number of hydrogen-bond acceptors (Lipinski definition) is 7. The van der Waals surface area contributed by atoms with Crippen LogP contribution in [0.5, 0.6) is 6.01 Å². The van der Waals surface area contributed by atoms with Gasteiger partial charge in [0.1, 0.15) is 0 Å². The Morgan fingerprint density at radius 2 is 2.10 bits per heavy atom. The number of anilines is 2. The molecule has 7 nitrogen and oxygen atoms in total. The zero-order valence-corrected chi connectivity index (χ0v) is 12.6. The third kappa shape index (κ3) is 3.09. The van der Waals surface area contributed by atoms with E-state index in [1.807, 2.05) is 13.8 Å². The van der Waals surface area contributed by atoms with Gasteiger partial charge in [0.15, 0.2) is 0 Å². The zero-order valence-electron chi connectivity index (χ0n) is 12.6. The molecule has 3 N–H and O–H groups in total. The van der Waals surface area contributed by atoms with Gasteiger partial charge in [-0.25, -0.2) is 5.84 Å². The molecule has 0 bridgehead atoms. The van der Waals surface area contributed by atoms with Gasteiger partial charge in [0.2, 0.25) is 11.9 Å². The molecule has 1 saturated heterocycles. The second-order valence-electron chi connectivity index (χ2n) is 5.45. The highest BCUT2D eigenvalue weighted by Gasteiger charge is 2.32. The van der Waals surface area contributed by atoms with Crippen LogP contribution >= 0.6 is 0 Å². The van der Waals surface area contributed by atoms with Crippen LogP contribution in [-0.2, 0) is 0 Å². The van der Waals surface area contributed by atoms with Crippen molar-refractivity contribution in [1.29, 1.82) is 0 Å². The lowest BCUT2D eigenvalue weighted by Gasteiger charge is -2.28. The second kappa shape index (κ2) is 6.21. The van der Waals surface area contributed by atoms with E-state index in [9.17, 15) is 0 Å². The van der Waals surface area contributed by atoms with E-state index in [-0.39, 0.29) is 6.10 Å². The lowest BCUT2D eigenvalue weighted by Crippen LogP contribution is -2.36. The van der Waals surface area contributed by atoms with Gasteiger partial charge in [-0.2, -0.15) is 15.0 Å². The average Bonchev–Trinajstić information content (AvgIpc) is 2.78. The smallest absolute Gasteiger partial charge is 0.323 e. The van der Waals surface area contributed by atoms with Crippen LogP contribution in [-0.4, -0.2) is 33.1 Å². The monoisotopic (exact) mass is 280 g/mol. The molecule has 1 aliphatic heterocycles. The standard InChI is InChI=1S/C13H24N6O/c1-5-10-7-6-9(4)19(10)12-15-11(18-14)16-13(17-12)20-8(2)3/h8-10H,5-7,14H2,1-4H3,(H,15,16,17,18). The first-order chi connectivity index (χ1) is 9.55. The summed E-state index contributed by atoms with van der Waals surface area (Å²) in [5, 5.41) is 0. The van der Waals surface area contributed by atoms with Crippen molar-refractivity contribution in [2.45, 2.75) is 65.1 Å². The van der Waals surface area contributed by atoms with Gasteiger partial charge < -0.3 is 9.64 Å². The van der Waals surface area contributed by atoms with Crippen molar-refractivity contribution in [2.24, 2.45) is 5.84 Å². The lowest BCUT2D eigenvalue weighted by molar-refractivity contribution is 0.222. The van der Waals surface area contributed by atoms with E-state index < -0.39 is 0 Å². The first-order valence-electron chi connectivity index (χ1n) is 7.22. The third-order valence-electron chi connectivity index (χ3n) is 3.56. The number of ether oxygens (including phenoxy) is 1. The van der Waals surface area contributed by atoms with Crippen LogP contribution in [0.2, 0.25) is 0 Å². The van der Waals surface area contributed by atoms with Gasteiger partial charge in [-0.15, -0.1) is 0 Å². The predicted octanol–water partition coefficient (Wildman–Crippen LogP) is 1.71. The molecule has 0 spiro atoms. The third-order valence-corrected chi connectivity index (χ3v) is 3.56. The van der Waals surface area contributed by atoms with E-state index in [1.165, 1.54) is 0 Å². The molecule has 2 unspecified atom stereocenters. The van der Waals surface area contributed by atoms with E-state index >= 15 is 0 Å². The molecule has 0 radical (unpaired) electrons. The van der Waals surface area contributed by atoms with Gasteiger partial charge in [0.05, 0.1) is 6.10 Å². The summed E-state index contributed by atoms with van der Waals surface area (Å²) in [6, 6.07) is 1.19. The largest absolute Gasteiger partial charge is 0.461 e. The fourth-order valence-corrected chi connectivity index (χ4v) is 2.62. The summed E-state index contributed by atoms with van der Waals surface area (Å²) >= 11 is 0. The second-order valence-corrected chi connectivity index (χ2v) is 5.45. The molecular weight excluding hydrogens is 256 g/mol. The number of nitrogens with two attached hydrogens (primary N) is 1. The Hall–Kier alpha value is -1.63. The molecule has 20 heavy (non-hydrogen) atoms. The fourth-order valence-electron chi connectivity index (χ4n) is 2.62. The quantitative estimate of drug-likeness (QED) is 0.627. The maximum absolute atomic E-state index is 5.58. The Balaban J connectivity index is 2.34. The van der Waals surface area contributed by atoms with Crippen molar-refractivity contribution in [3.05, 3.63) is 0 Å². The topological polar surface area (TPSA) is 89.2 Å². The molecule has 112 valence electrons. The molecule has 1 fully saturated rings. The van der Waals surface area contributed by atoms with Gasteiger partial charge in [0, 0.05) is 12.1 Å². The van der Waals surface area contributed by atoms with Gasteiger partial charge >= 0.3 is 6.01 Å². The molecule has 0 saturated carbocycles. The maximum atomic E-state index is 5.58. The van der Waals surface area contributed by atoms with Crippen molar-refractivity contribution >= 4 is 11.9 Å². The average molecular weight is 280 g/mol. The summed E-state index contributed by atoms with van der Waals surface area (Å²) in [6.07, 6.45) is 3.39. The Morgan fingerprint density at radius 3 is 2.70 bits per heavy atom. The minimum Gasteiger partial charge on any atom is -0.461 e. The molecule has 0 aliphatic carbocycles. The summed E-state index contributed by atoms with van der Waals surface area (Å²) in [5.41, 5.74) is 2.48. The summed E-state index contributed by atoms with van der Waals surface area (Å²) in [7, 11) is 0. The van der Waals surface area contributed by atoms with E-state index in [0.717, 1.165) is 19.3 Å². The molecule has 0 amide bonds. The molecular formula is C13H24N6O. The molecule has 1 aromatic rings. The molecule has 2 atom stereocenters. The van der Waals surface area contributed by atoms with Crippen molar-refractivity contribution < 1.29 is 4.74 Å². The molecule has 2 heterocycles. The fraction of sp³-hybridized carbons (Fsp3) is 0.769. The van der Waals surface area contributed by atoms with Crippen molar-refractivity contribution in [1.82, 2.24) is 15.0 Å². The van der Waals surface area contributed by atoms with Crippen LogP contribution in [0.25, 0.3) is 0 Å². The number of hydrazine groups is 1. The summed E-state index contributed by atoms with van der Waals surface area (Å²) in [6.45, 7) is 8.25. The minimum atomic E-state index is 0.00819. The van der Waals surface area contributed by atoms with Crippen LogP contribution in [0.3, 0.4) is 0 Å². The Morgan fingerprint density at radius 1 is 1.35 bits per heavy atom. The number of nitrogen functional groups attached to an aromatic ring is 1. The Kier molecular flexibility index (Phi) is 4.59. The van der Waals surface area contributed by atoms with Gasteiger partial charge in [-0.05, 0) is 40.0 Å². The number of hydrogen-bond donors (Lipinski definition) is 2. The van der Waals surface area contributed by atoms with E-state index in [4.69, 9.17) is 10.6 Å². The van der Waals surface area contributed by atoms with Crippen LogP contribution in [0, 0.1) is 0 Å². The first kappa shape index (κ1) is 14.8. The highest BCUT2D eigenvalue weighted by molar-refractivity contribution is 5.41. The normalized spacial score (nSPS) is 22.4. The van der Waals surface area contributed by atoms with Crippen LogP contribution in [0.4, 0.5) is 11.9 Å². The van der Waals surface area contributed by atoms with Crippen molar-refractivity contribution in [3.8, 4) is 6.01 Å². The summed E-state index contributed by atoms with van der Waals surface area (Å²) in [4.78, 5) is 15.2. The van der Waals surface area contributed by atoms with Crippen molar-refractivity contribution in [3.63, 3.8) is 0 Å². The SMILES string of the molecule is CCC1CCC(C)N1c1nc(NN)nc(OC(C)C)n1. The zero-order chi connectivity index (χ0) is 14.7. The number of aromatic nitrogens is 3. The van der Waals surface area contributed by atoms with Gasteiger partial charge in [0.25, 0.3) is 0 Å². The van der Waals surface area contributed by atoms with Crippen LogP contribution < -0.4 is 20.9 Å². The molecule has 0 aromatic carbocycles. The first-order valence-corrected chi connectivity index (χ1v) is 7.22. The predicted molar refractivity (Wildman–Crippen MR) is 78.7 cm³/mol. The highest BCUT2D eigenvalue weighted by Crippen LogP contribution is 2.30.